The van der Waals surface area contributed by atoms with E-state index in [1.165, 1.54) is 6.08 Å². The maximum atomic E-state index is 9.54. The average molecular weight is 199 g/mol. The van der Waals surface area contributed by atoms with Gasteiger partial charge in [-0.3, -0.25) is 13.9 Å². The Bertz CT molecular complexity index is 218. The summed E-state index contributed by atoms with van der Waals surface area (Å²) in [6.45, 7) is 3.77. The molecule has 7 heteroatoms. The molecular weight excluding hydrogens is 186 g/mol. The minimum Gasteiger partial charge on any atom is -0.344 e. The van der Waals surface area contributed by atoms with Gasteiger partial charge in [-0.2, -0.15) is 8.42 Å². The topological polar surface area (TPSA) is 127 Å². The van der Waals surface area contributed by atoms with Crippen molar-refractivity contribution < 1.29 is 22.3 Å². The van der Waals surface area contributed by atoms with Crippen molar-refractivity contribution in [2.24, 2.45) is 0 Å². The second-order valence-electron chi connectivity index (χ2n) is 1.83. The molecule has 0 amide bonds. The first-order valence-electron chi connectivity index (χ1n) is 2.56. The molecule has 5 N–H and O–H groups in total. The van der Waals surface area contributed by atoms with Crippen molar-refractivity contribution in [1.29, 1.82) is 0 Å². The molecule has 0 rings (SSSR count). The molecule has 0 aromatic carbocycles. The van der Waals surface area contributed by atoms with E-state index in [1.807, 2.05) is 13.8 Å². The van der Waals surface area contributed by atoms with Crippen LogP contribution in [0.2, 0.25) is 0 Å². The SMILES string of the molecule is CC(C)=CC=O.N.O=S(=O)(O)O. The summed E-state index contributed by atoms with van der Waals surface area (Å²) in [7, 11) is -4.67. The Hall–Kier alpha value is -0.760. The van der Waals surface area contributed by atoms with E-state index < -0.39 is 10.4 Å². The van der Waals surface area contributed by atoms with Crippen molar-refractivity contribution >= 4 is 16.7 Å². The molecule has 0 aliphatic rings. The van der Waals surface area contributed by atoms with Crippen molar-refractivity contribution in [2.75, 3.05) is 0 Å². The van der Waals surface area contributed by atoms with Gasteiger partial charge in [-0.1, -0.05) is 5.57 Å². The number of hydrogen-bond donors (Lipinski definition) is 3. The third-order valence-electron chi connectivity index (χ3n) is 0.401. The molecule has 0 atom stereocenters. The lowest BCUT2D eigenvalue weighted by Crippen LogP contribution is -1.89. The van der Waals surface area contributed by atoms with E-state index in [4.69, 9.17) is 17.5 Å². The molecule has 0 aromatic rings. The second kappa shape index (κ2) is 8.34. The molecule has 12 heavy (non-hydrogen) atoms. The highest BCUT2D eigenvalue weighted by Crippen LogP contribution is 1.81. The Balaban J connectivity index is -0.000000126. The van der Waals surface area contributed by atoms with Crippen LogP contribution < -0.4 is 6.15 Å². The van der Waals surface area contributed by atoms with E-state index in [-0.39, 0.29) is 6.15 Å². The van der Waals surface area contributed by atoms with E-state index in [0.29, 0.717) is 0 Å². The van der Waals surface area contributed by atoms with Gasteiger partial charge in [0, 0.05) is 0 Å². The molecular formula is C5H13NO5S. The number of carbonyl (C=O) groups excluding carboxylic acids is 1. The number of carbonyl (C=O) groups is 1. The van der Waals surface area contributed by atoms with Crippen LogP contribution in [0.25, 0.3) is 0 Å². The quantitative estimate of drug-likeness (QED) is 0.323. The summed E-state index contributed by atoms with van der Waals surface area (Å²) in [6.07, 6.45) is 2.31. The zero-order valence-corrected chi connectivity index (χ0v) is 7.71. The summed E-state index contributed by atoms with van der Waals surface area (Å²) in [6, 6.07) is 0. The van der Waals surface area contributed by atoms with Gasteiger partial charge in [0.05, 0.1) is 0 Å². The van der Waals surface area contributed by atoms with Gasteiger partial charge in [0.15, 0.2) is 0 Å². The molecule has 0 heterocycles. The van der Waals surface area contributed by atoms with Crippen LogP contribution >= 0.6 is 0 Å². The van der Waals surface area contributed by atoms with Crippen molar-refractivity contribution in [1.82, 2.24) is 6.15 Å². The average Bonchev–Trinajstić information content (AvgIpc) is 1.58. The van der Waals surface area contributed by atoms with Crippen LogP contribution in [0.15, 0.2) is 11.6 Å². The predicted octanol–water partition coefficient (Wildman–Crippen LogP) is 0.661. The van der Waals surface area contributed by atoms with Crippen LogP contribution in [-0.2, 0) is 15.2 Å². The van der Waals surface area contributed by atoms with Crippen molar-refractivity contribution in [3.05, 3.63) is 11.6 Å². The van der Waals surface area contributed by atoms with E-state index >= 15 is 0 Å². The minimum absolute atomic E-state index is 0. The lowest BCUT2D eigenvalue weighted by molar-refractivity contribution is -0.104. The lowest BCUT2D eigenvalue weighted by Gasteiger charge is -1.73. The summed E-state index contributed by atoms with van der Waals surface area (Å²) < 4.78 is 31.6. The summed E-state index contributed by atoms with van der Waals surface area (Å²) in [5.41, 5.74) is 1.05. The summed E-state index contributed by atoms with van der Waals surface area (Å²) >= 11 is 0. The molecule has 6 nitrogen and oxygen atoms in total. The molecule has 0 aromatic heterocycles. The Morgan fingerprint density at radius 1 is 1.25 bits per heavy atom. The number of rotatable bonds is 1. The Labute approximate surface area is 71.4 Å². The van der Waals surface area contributed by atoms with Crippen LogP contribution in [0.3, 0.4) is 0 Å². The molecule has 0 unspecified atom stereocenters. The van der Waals surface area contributed by atoms with Crippen molar-refractivity contribution in [3.63, 3.8) is 0 Å². The van der Waals surface area contributed by atoms with Crippen LogP contribution in [-0.4, -0.2) is 23.8 Å². The molecule has 0 aliphatic carbocycles. The zero-order chi connectivity index (χ0) is 9.49. The fourth-order valence-electron chi connectivity index (χ4n) is 0.136. The van der Waals surface area contributed by atoms with Crippen LogP contribution in [0, 0.1) is 0 Å². The largest absolute Gasteiger partial charge is 0.394 e. The summed E-state index contributed by atoms with van der Waals surface area (Å²) in [4.78, 5) is 9.54. The normalized spacial score (nSPS) is 8.33. The molecule has 74 valence electrons. The highest BCUT2D eigenvalue weighted by Gasteiger charge is 1.84. The Morgan fingerprint density at radius 2 is 1.50 bits per heavy atom. The molecule has 0 spiro atoms. The predicted molar refractivity (Wildman–Crippen MR) is 44.7 cm³/mol. The molecule has 0 saturated heterocycles. The van der Waals surface area contributed by atoms with E-state index in [1.54, 1.807) is 0 Å². The third kappa shape index (κ3) is 125. The molecule has 0 fully saturated rings. The number of aldehydes is 1. The van der Waals surface area contributed by atoms with E-state index in [9.17, 15) is 4.79 Å². The fraction of sp³-hybridized carbons (Fsp3) is 0.400. The third-order valence-corrected chi connectivity index (χ3v) is 0.401. The maximum Gasteiger partial charge on any atom is 0.394 e. The fourth-order valence-corrected chi connectivity index (χ4v) is 0.136. The van der Waals surface area contributed by atoms with E-state index in [0.717, 1.165) is 11.9 Å². The molecule has 0 aliphatic heterocycles. The summed E-state index contributed by atoms with van der Waals surface area (Å²) in [5.74, 6) is 0. The first-order valence-corrected chi connectivity index (χ1v) is 3.95. The molecule has 0 radical (unpaired) electrons. The monoisotopic (exact) mass is 199 g/mol. The lowest BCUT2D eigenvalue weighted by atomic mass is 10.3. The maximum absolute atomic E-state index is 9.54. The second-order valence-corrected chi connectivity index (χ2v) is 2.72. The van der Waals surface area contributed by atoms with Gasteiger partial charge in [0.25, 0.3) is 0 Å². The smallest absolute Gasteiger partial charge is 0.344 e. The van der Waals surface area contributed by atoms with Crippen molar-refractivity contribution in [2.45, 2.75) is 13.8 Å². The van der Waals surface area contributed by atoms with Crippen molar-refractivity contribution in [3.8, 4) is 0 Å². The number of allylic oxidation sites excluding steroid dienone is 2. The van der Waals surface area contributed by atoms with Gasteiger partial charge in [-0.25, -0.2) is 0 Å². The zero-order valence-electron chi connectivity index (χ0n) is 6.89. The highest BCUT2D eigenvalue weighted by atomic mass is 32.3. The first kappa shape index (κ1) is 17.4. The highest BCUT2D eigenvalue weighted by molar-refractivity contribution is 7.79. The Morgan fingerprint density at radius 3 is 1.50 bits per heavy atom. The Kier molecular flexibility index (Phi) is 12.1. The van der Waals surface area contributed by atoms with E-state index in [2.05, 4.69) is 0 Å². The molecule has 0 bridgehead atoms. The van der Waals surface area contributed by atoms with Gasteiger partial charge >= 0.3 is 10.4 Å². The van der Waals surface area contributed by atoms with Crippen LogP contribution in [0.5, 0.6) is 0 Å². The molecule has 0 saturated carbocycles. The summed E-state index contributed by atoms with van der Waals surface area (Å²) in [5, 5.41) is 0. The van der Waals surface area contributed by atoms with Crippen LogP contribution in [0.1, 0.15) is 13.8 Å². The standard InChI is InChI=1S/C5H8O.H3N.H2O4S/c1-5(2)3-4-6;;1-5(2,3)4/h3-4H,1-2H3;1H3;(H2,1,2,3,4). The van der Waals surface area contributed by atoms with Gasteiger partial charge in [-0.15, -0.1) is 0 Å². The first-order chi connectivity index (χ1) is 4.77. The number of hydrogen-bond acceptors (Lipinski definition) is 4. The van der Waals surface area contributed by atoms with Gasteiger partial charge in [0.1, 0.15) is 6.29 Å². The van der Waals surface area contributed by atoms with Gasteiger partial charge < -0.3 is 6.15 Å². The van der Waals surface area contributed by atoms with Gasteiger partial charge in [-0.05, 0) is 19.9 Å². The minimum atomic E-state index is -4.67. The van der Waals surface area contributed by atoms with Gasteiger partial charge in [0.2, 0.25) is 0 Å². The van der Waals surface area contributed by atoms with Crippen LogP contribution in [0.4, 0.5) is 0 Å².